The lowest BCUT2D eigenvalue weighted by atomic mass is 10.2. The van der Waals surface area contributed by atoms with Crippen LogP contribution >= 0.6 is 0 Å². The topological polar surface area (TPSA) is 78.9 Å². The van der Waals surface area contributed by atoms with Crippen molar-refractivity contribution in [1.29, 1.82) is 0 Å². The standard InChI is InChI=1S/C14H15FN2O4/c1-2-11(14(19)20)21-12-7-8-13(18)17(16-12)10-5-3-9(15)4-6-10/h3-8,11-12,16H,2H2,1H3,(H,19,20)/t11-,12-/m0/s1. The van der Waals surface area contributed by atoms with E-state index in [9.17, 15) is 14.0 Å². The van der Waals surface area contributed by atoms with Crippen molar-refractivity contribution in [3.63, 3.8) is 0 Å². The lowest BCUT2D eigenvalue weighted by Crippen LogP contribution is -2.52. The third-order valence-electron chi connectivity index (χ3n) is 2.93. The predicted molar refractivity (Wildman–Crippen MR) is 72.7 cm³/mol. The molecule has 2 rings (SSSR count). The number of nitrogens with zero attached hydrogens (tertiary/aromatic N) is 1. The number of benzene rings is 1. The minimum Gasteiger partial charge on any atom is -0.479 e. The van der Waals surface area contributed by atoms with Crippen LogP contribution in [-0.2, 0) is 14.3 Å². The van der Waals surface area contributed by atoms with Crippen LogP contribution in [0, 0.1) is 5.82 Å². The normalized spacial score (nSPS) is 19.6. The highest BCUT2D eigenvalue weighted by atomic mass is 19.1. The number of rotatable bonds is 5. The van der Waals surface area contributed by atoms with Gasteiger partial charge in [0.15, 0.2) is 6.10 Å². The van der Waals surface area contributed by atoms with Gasteiger partial charge in [0, 0.05) is 6.08 Å². The van der Waals surface area contributed by atoms with Crippen molar-refractivity contribution in [2.75, 3.05) is 5.01 Å². The fourth-order valence-corrected chi connectivity index (χ4v) is 1.85. The highest BCUT2D eigenvalue weighted by Crippen LogP contribution is 2.17. The Labute approximate surface area is 120 Å². The zero-order chi connectivity index (χ0) is 15.4. The summed E-state index contributed by atoms with van der Waals surface area (Å²) in [4.78, 5) is 22.8. The van der Waals surface area contributed by atoms with Gasteiger partial charge in [-0.2, -0.15) is 5.43 Å². The second-order valence-electron chi connectivity index (χ2n) is 4.43. The van der Waals surface area contributed by atoms with E-state index in [1.54, 1.807) is 6.92 Å². The van der Waals surface area contributed by atoms with Crippen molar-refractivity contribution in [3.05, 3.63) is 42.2 Å². The second kappa shape index (κ2) is 6.47. The predicted octanol–water partition coefficient (Wildman–Crippen LogP) is 1.44. The smallest absolute Gasteiger partial charge is 0.332 e. The average molecular weight is 294 g/mol. The number of hydrazine groups is 1. The molecule has 112 valence electrons. The molecule has 0 radical (unpaired) electrons. The van der Waals surface area contributed by atoms with Crippen LogP contribution in [-0.4, -0.2) is 29.3 Å². The number of nitrogens with one attached hydrogen (secondary N) is 1. The van der Waals surface area contributed by atoms with Crippen molar-refractivity contribution in [1.82, 2.24) is 5.43 Å². The molecule has 1 aromatic rings. The molecule has 1 aliphatic rings. The van der Waals surface area contributed by atoms with E-state index in [-0.39, 0.29) is 5.91 Å². The lowest BCUT2D eigenvalue weighted by Gasteiger charge is -2.31. The molecular formula is C14H15FN2O4. The molecule has 0 bridgehead atoms. The van der Waals surface area contributed by atoms with Gasteiger partial charge in [0.05, 0.1) is 5.69 Å². The van der Waals surface area contributed by atoms with Gasteiger partial charge in [0.25, 0.3) is 5.91 Å². The second-order valence-corrected chi connectivity index (χ2v) is 4.43. The molecule has 0 saturated carbocycles. The summed E-state index contributed by atoms with van der Waals surface area (Å²) in [5.74, 6) is -1.84. The van der Waals surface area contributed by atoms with Gasteiger partial charge in [0.2, 0.25) is 0 Å². The number of carbonyl (C=O) groups excluding carboxylic acids is 1. The fourth-order valence-electron chi connectivity index (χ4n) is 1.85. The number of carboxylic acids is 1. The van der Waals surface area contributed by atoms with Crippen LogP contribution in [0.3, 0.4) is 0 Å². The molecule has 1 aromatic carbocycles. The molecule has 7 heteroatoms. The Morgan fingerprint density at radius 1 is 1.48 bits per heavy atom. The minimum atomic E-state index is -1.07. The third kappa shape index (κ3) is 3.65. The summed E-state index contributed by atoms with van der Waals surface area (Å²) in [5.41, 5.74) is 3.18. The van der Waals surface area contributed by atoms with Crippen LogP contribution in [0.5, 0.6) is 0 Å². The molecular weight excluding hydrogens is 279 g/mol. The Morgan fingerprint density at radius 2 is 2.14 bits per heavy atom. The molecule has 2 N–H and O–H groups in total. The van der Waals surface area contributed by atoms with Gasteiger partial charge in [-0.15, -0.1) is 0 Å². The zero-order valence-corrected chi connectivity index (χ0v) is 11.3. The van der Waals surface area contributed by atoms with E-state index in [1.165, 1.54) is 41.4 Å². The number of amides is 1. The maximum Gasteiger partial charge on any atom is 0.332 e. The number of aliphatic carboxylic acids is 1. The lowest BCUT2D eigenvalue weighted by molar-refractivity contribution is -0.154. The molecule has 1 aliphatic heterocycles. The number of ether oxygens (including phenoxy) is 1. The monoisotopic (exact) mass is 294 g/mol. The summed E-state index contributed by atoms with van der Waals surface area (Å²) in [6.45, 7) is 1.69. The Morgan fingerprint density at radius 3 is 2.71 bits per heavy atom. The fraction of sp³-hybridized carbons (Fsp3) is 0.286. The maximum absolute atomic E-state index is 12.9. The summed E-state index contributed by atoms with van der Waals surface area (Å²) in [5, 5.41) is 10.1. The van der Waals surface area contributed by atoms with E-state index in [4.69, 9.17) is 9.84 Å². The molecule has 0 spiro atoms. The van der Waals surface area contributed by atoms with E-state index in [2.05, 4.69) is 5.43 Å². The van der Waals surface area contributed by atoms with Crippen molar-refractivity contribution in [2.24, 2.45) is 0 Å². The highest BCUT2D eigenvalue weighted by Gasteiger charge is 2.26. The largest absolute Gasteiger partial charge is 0.479 e. The summed E-state index contributed by atoms with van der Waals surface area (Å²) < 4.78 is 18.3. The van der Waals surface area contributed by atoms with E-state index in [1.807, 2.05) is 0 Å². The molecule has 0 saturated heterocycles. The highest BCUT2D eigenvalue weighted by molar-refractivity contribution is 6.01. The number of anilines is 1. The van der Waals surface area contributed by atoms with Crippen molar-refractivity contribution in [3.8, 4) is 0 Å². The number of hydrogen-bond acceptors (Lipinski definition) is 4. The average Bonchev–Trinajstić information content (AvgIpc) is 2.47. The number of carboxylic acid groups (broad SMARTS) is 1. The molecule has 21 heavy (non-hydrogen) atoms. The first-order valence-corrected chi connectivity index (χ1v) is 6.43. The Hall–Kier alpha value is -2.25. The van der Waals surface area contributed by atoms with Gasteiger partial charge in [-0.25, -0.2) is 14.2 Å². The third-order valence-corrected chi connectivity index (χ3v) is 2.93. The van der Waals surface area contributed by atoms with Gasteiger partial charge in [-0.3, -0.25) is 4.79 Å². The van der Waals surface area contributed by atoms with Gasteiger partial charge >= 0.3 is 5.97 Å². The quantitative estimate of drug-likeness (QED) is 0.859. The van der Waals surface area contributed by atoms with Crippen molar-refractivity contribution in [2.45, 2.75) is 25.7 Å². The molecule has 0 fully saturated rings. The van der Waals surface area contributed by atoms with Crippen molar-refractivity contribution >= 4 is 17.6 Å². The molecule has 1 heterocycles. The molecule has 0 unspecified atom stereocenters. The van der Waals surface area contributed by atoms with Crippen LogP contribution in [0.4, 0.5) is 10.1 Å². The van der Waals surface area contributed by atoms with Gasteiger partial charge in [0.1, 0.15) is 12.0 Å². The van der Waals surface area contributed by atoms with Gasteiger partial charge in [-0.05, 0) is 36.8 Å². The summed E-state index contributed by atoms with van der Waals surface area (Å²) in [6.07, 6.45) is 1.28. The summed E-state index contributed by atoms with van der Waals surface area (Å²) in [6, 6.07) is 5.32. The van der Waals surface area contributed by atoms with Crippen molar-refractivity contribution < 1.29 is 23.8 Å². The van der Waals surface area contributed by atoms with Crippen LogP contribution in [0.1, 0.15) is 13.3 Å². The van der Waals surface area contributed by atoms with Crippen LogP contribution < -0.4 is 10.4 Å². The first-order chi connectivity index (χ1) is 10.0. The Balaban J connectivity index is 2.11. The van der Waals surface area contributed by atoms with Crippen LogP contribution in [0.2, 0.25) is 0 Å². The van der Waals surface area contributed by atoms with E-state index >= 15 is 0 Å². The summed E-state index contributed by atoms with van der Waals surface area (Å²) >= 11 is 0. The Bertz CT molecular complexity index is 559. The first kappa shape index (κ1) is 15.1. The number of carbonyl (C=O) groups is 2. The SMILES string of the molecule is CC[C@H](O[C@H]1C=CC(=O)N(c2ccc(F)cc2)N1)C(=O)O. The molecule has 2 atom stereocenters. The van der Waals surface area contributed by atoms with E-state index < -0.39 is 24.1 Å². The van der Waals surface area contributed by atoms with E-state index in [0.29, 0.717) is 12.1 Å². The van der Waals surface area contributed by atoms with Gasteiger partial charge in [-0.1, -0.05) is 6.92 Å². The molecule has 0 aromatic heterocycles. The maximum atomic E-state index is 12.9. The first-order valence-electron chi connectivity index (χ1n) is 6.43. The summed E-state index contributed by atoms with van der Waals surface area (Å²) in [7, 11) is 0. The Kier molecular flexibility index (Phi) is 4.66. The number of halogens is 1. The molecule has 6 nitrogen and oxygen atoms in total. The van der Waals surface area contributed by atoms with Crippen LogP contribution in [0.25, 0.3) is 0 Å². The zero-order valence-electron chi connectivity index (χ0n) is 11.3. The molecule has 0 aliphatic carbocycles. The molecule has 1 amide bonds. The minimum absolute atomic E-state index is 0.297. The number of hydrogen-bond donors (Lipinski definition) is 2. The van der Waals surface area contributed by atoms with E-state index in [0.717, 1.165) is 0 Å². The van der Waals surface area contributed by atoms with Crippen LogP contribution in [0.15, 0.2) is 36.4 Å². The van der Waals surface area contributed by atoms with Gasteiger partial charge < -0.3 is 9.84 Å².